The van der Waals surface area contributed by atoms with Gasteiger partial charge in [0.05, 0.1) is 12.2 Å². The SMILES string of the molecule is Cc1cn([C@H]2CO[C@H](COC(=O)c3ccccc3)O2)c(=O)[nH]c1=O. The van der Waals surface area contributed by atoms with Crippen LogP contribution in [0.3, 0.4) is 0 Å². The van der Waals surface area contributed by atoms with E-state index in [9.17, 15) is 14.4 Å². The quantitative estimate of drug-likeness (QED) is 0.822. The van der Waals surface area contributed by atoms with E-state index in [1.165, 1.54) is 10.8 Å². The van der Waals surface area contributed by atoms with Gasteiger partial charge in [-0.05, 0) is 19.1 Å². The maximum atomic E-state index is 11.9. The topological polar surface area (TPSA) is 99.6 Å². The molecular weight excluding hydrogens is 316 g/mol. The fourth-order valence-electron chi connectivity index (χ4n) is 2.28. The highest BCUT2D eigenvalue weighted by Gasteiger charge is 2.29. The molecule has 24 heavy (non-hydrogen) atoms. The van der Waals surface area contributed by atoms with E-state index in [1.54, 1.807) is 37.3 Å². The monoisotopic (exact) mass is 332 g/mol. The number of aromatic amines is 1. The molecule has 8 nitrogen and oxygen atoms in total. The summed E-state index contributed by atoms with van der Waals surface area (Å²) in [7, 11) is 0. The predicted molar refractivity (Wildman–Crippen MR) is 82.6 cm³/mol. The smallest absolute Gasteiger partial charge is 0.338 e. The molecule has 0 aliphatic carbocycles. The molecule has 1 fully saturated rings. The van der Waals surface area contributed by atoms with E-state index in [1.807, 2.05) is 0 Å². The average molecular weight is 332 g/mol. The van der Waals surface area contributed by atoms with Crippen LogP contribution < -0.4 is 11.2 Å². The Balaban J connectivity index is 1.60. The standard InChI is InChI=1S/C16H16N2O6/c1-10-7-18(16(21)17-14(10)19)12-8-22-13(24-12)9-23-15(20)11-5-3-2-4-6-11/h2-7,12-13H,8-9H2,1H3,(H,17,19,21)/t12-,13+/m1/s1. The number of hydrogen-bond donors (Lipinski definition) is 1. The number of hydrogen-bond acceptors (Lipinski definition) is 6. The number of nitrogens with zero attached hydrogens (tertiary/aromatic N) is 1. The van der Waals surface area contributed by atoms with Crippen LogP contribution in [0.5, 0.6) is 0 Å². The second kappa shape index (κ2) is 6.81. The van der Waals surface area contributed by atoms with Gasteiger partial charge in [0.1, 0.15) is 6.61 Å². The molecular formula is C16H16N2O6. The van der Waals surface area contributed by atoms with Gasteiger partial charge in [-0.3, -0.25) is 14.3 Å². The van der Waals surface area contributed by atoms with Gasteiger partial charge >= 0.3 is 11.7 Å². The Morgan fingerprint density at radius 3 is 2.83 bits per heavy atom. The maximum absolute atomic E-state index is 11.9. The van der Waals surface area contributed by atoms with Crippen molar-refractivity contribution in [2.45, 2.75) is 19.4 Å². The lowest BCUT2D eigenvalue weighted by Gasteiger charge is -2.14. The Kier molecular flexibility index (Phi) is 4.59. The number of carbonyl (C=O) groups excluding carboxylic acids is 1. The van der Waals surface area contributed by atoms with Crippen molar-refractivity contribution in [3.63, 3.8) is 0 Å². The van der Waals surface area contributed by atoms with E-state index in [-0.39, 0.29) is 13.2 Å². The highest BCUT2D eigenvalue weighted by molar-refractivity contribution is 5.89. The summed E-state index contributed by atoms with van der Waals surface area (Å²) in [6.07, 6.45) is -0.0524. The molecule has 126 valence electrons. The number of ether oxygens (including phenoxy) is 3. The molecule has 0 amide bonds. The number of rotatable bonds is 4. The number of benzene rings is 1. The van der Waals surface area contributed by atoms with Crippen molar-refractivity contribution >= 4 is 5.97 Å². The number of carbonyl (C=O) groups is 1. The summed E-state index contributed by atoms with van der Waals surface area (Å²) in [5.41, 5.74) is -0.207. The number of nitrogens with one attached hydrogen (secondary N) is 1. The first kappa shape index (κ1) is 16.2. The summed E-state index contributed by atoms with van der Waals surface area (Å²) < 4.78 is 17.3. The van der Waals surface area contributed by atoms with E-state index < -0.39 is 29.7 Å². The molecule has 0 bridgehead atoms. The van der Waals surface area contributed by atoms with Crippen molar-refractivity contribution in [2.75, 3.05) is 13.2 Å². The zero-order valence-corrected chi connectivity index (χ0v) is 12.9. The van der Waals surface area contributed by atoms with Crippen LogP contribution in [0.2, 0.25) is 0 Å². The predicted octanol–water partition coefficient (Wildman–Crippen LogP) is 0.574. The lowest BCUT2D eigenvalue weighted by molar-refractivity contribution is -0.103. The molecule has 2 atom stereocenters. The summed E-state index contributed by atoms with van der Waals surface area (Å²) in [6, 6.07) is 8.56. The second-order valence-corrected chi connectivity index (χ2v) is 5.30. The molecule has 3 rings (SSSR count). The summed E-state index contributed by atoms with van der Waals surface area (Å²) in [5.74, 6) is -0.483. The third-order valence-corrected chi connectivity index (χ3v) is 3.55. The lowest BCUT2D eigenvalue weighted by atomic mass is 10.2. The van der Waals surface area contributed by atoms with Gasteiger partial charge in [-0.1, -0.05) is 18.2 Å². The first-order valence-corrected chi connectivity index (χ1v) is 7.36. The van der Waals surface area contributed by atoms with Crippen LogP contribution >= 0.6 is 0 Å². The van der Waals surface area contributed by atoms with Crippen molar-refractivity contribution in [1.29, 1.82) is 0 Å². The summed E-state index contributed by atoms with van der Waals surface area (Å²) in [6.45, 7) is 1.60. The molecule has 2 heterocycles. The zero-order valence-electron chi connectivity index (χ0n) is 12.9. The zero-order chi connectivity index (χ0) is 17.1. The van der Waals surface area contributed by atoms with Crippen LogP contribution in [0.25, 0.3) is 0 Å². The minimum Gasteiger partial charge on any atom is -0.457 e. The van der Waals surface area contributed by atoms with Crippen LogP contribution in [-0.2, 0) is 14.2 Å². The number of aromatic nitrogens is 2. The van der Waals surface area contributed by atoms with Gasteiger partial charge in [0.15, 0.2) is 12.5 Å². The minimum absolute atomic E-state index is 0.0959. The fraction of sp³-hybridized carbons (Fsp3) is 0.312. The van der Waals surface area contributed by atoms with Crippen LogP contribution in [0.1, 0.15) is 22.1 Å². The van der Waals surface area contributed by atoms with Gasteiger partial charge in [0, 0.05) is 11.8 Å². The average Bonchev–Trinajstić information content (AvgIpc) is 3.05. The molecule has 1 aliphatic heterocycles. The van der Waals surface area contributed by atoms with Crippen molar-refractivity contribution < 1.29 is 19.0 Å². The van der Waals surface area contributed by atoms with Crippen molar-refractivity contribution in [2.24, 2.45) is 0 Å². The highest BCUT2D eigenvalue weighted by Crippen LogP contribution is 2.20. The van der Waals surface area contributed by atoms with Gasteiger partial charge in [-0.2, -0.15) is 0 Å². The van der Waals surface area contributed by atoms with Gasteiger partial charge in [0.25, 0.3) is 5.56 Å². The largest absolute Gasteiger partial charge is 0.457 e. The molecule has 2 aromatic rings. The van der Waals surface area contributed by atoms with Gasteiger partial charge in [-0.25, -0.2) is 9.59 Å². The molecule has 1 saturated heterocycles. The van der Waals surface area contributed by atoms with E-state index >= 15 is 0 Å². The second-order valence-electron chi connectivity index (χ2n) is 5.30. The first-order valence-electron chi connectivity index (χ1n) is 7.36. The molecule has 0 spiro atoms. The molecule has 1 N–H and O–H groups in total. The Bertz CT molecular complexity index is 842. The Labute approximate surface area is 136 Å². The number of H-pyrrole nitrogens is 1. The van der Waals surface area contributed by atoms with Crippen LogP contribution in [-0.4, -0.2) is 35.0 Å². The molecule has 1 aliphatic rings. The summed E-state index contributed by atoms with van der Waals surface area (Å²) in [5, 5.41) is 0. The third kappa shape index (κ3) is 3.44. The highest BCUT2D eigenvalue weighted by atomic mass is 16.7. The van der Waals surface area contributed by atoms with Crippen molar-refractivity contribution in [3.8, 4) is 0 Å². The van der Waals surface area contributed by atoms with Crippen molar-refractivity contribution in [3.05, 3.63) is 68.5 Å². The minimum atomic E-state index is -0.776. The van der Waals surface area contributed by atoms with Crippen LogP contribution in [0.4, 0.5) is 0 Å². The van der Waals surface area contributed by atoms with Crippen LogP contribution in [0.15, 0.2) is 46.1 Å². The summed E-state index contributed by atoms with van der Waals surface area (Å²) in [4.78, 5) is 37.3. The molecule has 0 unspecified atom stereocenters. The Morgan fingerprint density at radius 1 is 1.33 bits per heavy atom. The van der Waals surface area contributed by atoms with E-state index in [0.29, 0.717) is 11.1 Å². The number of aryl methyl sites for hydroxylation is 1. The van der Waals surface area contributed by atoms with E-state index in [2.05, 4.69) is 4.98 Å². The van der Waals surface area contributed by atoms with Crippen LogP contribution in [0, 0.1) is 6.92 Å². The normalized spacial score (nSPS) is 20.0. The molecule has 1 aromatic carbocycles. The number of esters is 1. The van der Waals surface area contributed by atoms with E-state index in [0.717, 1.165) is 0 Å². The molecule has 0 saturated carbocycles. The lowest BCUT2D eigenvalue weighted by Crippen LogP contribution is -2.34. The van der Waals surface area contributed by atoms with Gasteiger partial charge in [-0.15, -0.1) is 0 Å². The molecule has 0 radical (unpaired) electrons. The first-order chi connectivity index (χ1) is 11.5. The molecule has 1 aromatic heterocycles. The fourth-order valence-corrected chi connectivity index (χ4v) is 2.28. The van der Waals surface area contributed by atoms with Gasteiger partial charge < -0.3 is 14.2 Å². The van der Waals surface area contributed by atoms with Gasteiger partial charge in [0.2, 0.25) is 0 Å². The third-order valence-electron chi connectivity index (χ3n) is 3.55. The van der Waals surface area contributed by atoms with E-state index in [4.69, 9.17) is 14.2 Å². The molecule has 8 heteroatoms. The maximum Gasteiger partial charge on any atom is 0.338 e. The summed E-state index contributed by atoms with van der Waals surface area (Å²) >= 11 is 0. The Hall–Kier alpha value is -2.71. The Morgan fingerprint density at radius 2 is 2.08 bits per heavy atom. The van der Waals surface area contributed by atoms with Crippen molar-refractivity contribution in [1.82, 2.24) is 9.55 Å².